The zero-order valence-electron chi connectivity index (χ0n) is 35.4. The molecule has 6 unspecified atom stereocenters. The SMILES string of the molecule is C1=CC(C2NC(N3C4=Cc5ccccc5CC4c4cc(N5c6ccccc6C6C=c7ccccc7=CC65)ccc43)=NC(c3ccc(-c4ccccc4)cc3)N2)CC=C1c1ccccc1. The smallest absolute Gasteiger partial charge is 0.206 e. The highest BCUT2D eigenvalue weighted by atomic mass is 15.4. The second-order valence-electron chi connectivity index (χ2n) is 17.9. The molecule has 64 heavy (non-hydrogen) atoms. The molecule has 0 fully saturated rings. The highest BCUT2D eigenvalue weighted by Gasteiger charge is 2.43. The summed E-state index contributed by atoms with van der Waals surface area (Å²) in [5.74, 6) is 1.55. The number of rotatable bonds is 5. The third-order valence-corrected chi connectivity index (χ3v) is 14.3. The molecule has 0 saturated heterocycles. The van der Waals surface area contributed by atoms with Crippen molar-refractivity contribution in [3.63, 3.8) is 0 Å². The molecule has 0 spiro atoms. The monoisotopic (exact) mass is 825 g/mol. The summed E-state index contributed by atoms with van der Waals surface area (Å²) in [6.07, 6.45) is 16.0. The fraction of sp³-hybridized carbons (Fsp3) is 0.136. The lowest BCUT2D eigenvalue weighted by Crippen LogP contribution is -2.58. The van der Waals surface area contributed by atoms with Crippen LogP contribution >= 0.6 is 0 Å². The molecular formula is C59H47N5. The molecule has 308 valence electrons. The van der Waals surface area contributed by atoms with E-state index in [0.717, 1.165) is 24.4 Å². The van der Waals surface area contributed by atoms with Crippen molar-refractivity contribution in [1.29, 1.82) is 0 Å². The quantitative estimate of drug-likeness (QED) is 0.181. The number of para-hydroxylation sites is 1. The standard InChI is InChI=1S/C59H47N5/c1-3-13-38(14-4-1)40-23-27-42(28-24-40)57-60-58(43-29-25-41(26-30-43)39-15-5-2-6-16-39)62-59(61-57)64-54-32-31-48(37-52(54)51-34-45-18-8-10-20-47(45)36-56(51)64)63-53-22-12-11-21-49(53)50-33-44-17-7-9-19-46(44)35-55(50)63/h1-29,31-33,35-37,43,50-51,55,57-58,60H,30,34H2,(H,61,62). The average molecular weight is 826 g/mol. The number of nitrogens with zero attached hydrogens (tertiary/aromatic N) is 3. The van der Waals surface area contributed by atoms with Gasteiger partial charge in [-0.2, -0.15) is 0 Å². The summed E-state index contributed by atoms with van der Waals surface area (Å²) in [5, 5.41) is 10.6. The minimum atomic E-state index is -0.253. The van der Waals surface area contributed by atoms with E-state index in [9.17, 15) is 0 Å². The van der Waals surface area contributed by atoms with Gasteiger partial charge >= 0.3 is 0 Å². The van der Waals surface area contributed by atoms with Crippen molar-refractivity contribution in [1.82, 2.24) is 10.6 Å². The van der Waals surface area contributed by atoms with Crippen LogP contribution in [0.1, 0.15) is 57.8 Å². The van der Waals surface area contributed by atoms with Crippen LogP contribution in [-0.2, 0) is 6.42 Å². The van der Waals surface area contributed by atoms with Crippen molar-refractivity contribution in [2.24, 2.45) is 10.9 Å². The fourth-order valence-corrected chi connectivity index (χ4v) is 11.1. The molecule has 0 aromatic heterocycles. The topological polar surface area (TPSA) is 42.9 Å². The number of anilines is 3. The van der Waals surface area contributed by atoms with Crippen molar-refractivity contribution in [3.8, 4) is 11.1 Å². The van der Waals surface area contributed by atoms with Gasteiger partial charge in [-0.05, 0) is 104 Å². The summed E-state index contributed by atoms with van der Waals surface area (Å²) in [6.45, 7) is 0. The Morgan fingerprint density at radius 2 is 1.33 bits per heavy atom. The van der Waals surface area contributed by atoms with Crippen LogP contribution in [0.25, 0.3) is 34.9 Å². The van der Waals surface area contributed by atoms with Crippen LogP contribution in [0.2, 0.25) is 0 Å². The van der Waals surface area contributed by atoms with Crippen molar-refractivity contribution in [2.75, 3.05) is 9.80 Å². The van der Waals surface area contributed by atoms with Crippen molar-refractivity contribution in [3.05, 3.63) is 244 Å². The fourth-order valence-electron chi connectivity index (χ4n) is 11.1. The summed E-state index contributed by atoms with van der Waals surface area (Å²) in [5.41, 5.74) is 16.4. The van der Waals surface area contributed by atoms with E-state index >= 15 is 0 Å². The summed E-state index contributed by atoms with van der Waals surface area (Å²) in [7, 11) is 0. The predicted octanol–water partition coefficient (Wildman–Crippen LogP) is 11.0. The minimum Gasteiger partial charge on any atom is -0.340 e. The Bertz CT molecular complexity index is 3220. The number of allylic oxidation sites excluding steroid dienone is 4. The van der Waals surface area contributed by atoms with Gasteiger partial charge in [0.1, 0.15) is 6.17 Å². The van der Waals surface area contributed by atoms with E-state index in [0.29, 0.717) is 0 Å². The number of fused-ring (bicyclic) bond motifs is 8. The van der Waals surface area contributed by atoms with Crippen LogP contribution in [0.4, 0.5) is 17.1 Å². The number of hydrogen-bond donors (Lipinski definition) is 2. The Labute approximate surface area is 374 Å². The van der Waals surface area contributed by atoms with E-state index in [1.165, 1.54) is 77.7 Å². The summed E-state index contributed by atoms with van der Waals surface area (Å²) < 4.78 is 0. The molecule has 13 rings (SSSR count). The van der Waals surface area contributed by atoms with E-state index in [4.69, 9.17) is 4.99 Å². The maximum absolute atomic E-state index is 5.62. The molecule has 5 heteroatoms. The van der Waals surface area contributed by atoms with Gasteiger partial charge in [-0.15, -0.1) is 0 Å². The van der Waals surface area contributed by atoms with Gasteiger partial charge in [0.2, 0.25) is 5.96 Å². The summed E-state index contributed by atoms with van der Waals surface area (Å²) >= 11 is 0. The number of aliphatic imine (C=N–C) groups is 1. The molecular weight excluding hydrogens is 779 g/mol. The predicted molar refractivity (Wildman–Crippen MR) is 263 cm³/mol. The Hall–Kier alpha value is -7.47. The van der Waals surface area contributed by atoms with E-state index in [2.05, 4.69) is 233 Å². The van der Waals surface area contributed by atoms with Crippen LogP contribution in [-0.4, -0.2) is 18.2 Å². The van der Waals surface area contributed by atoms with E-state index in [1.54, 1.807) is 0 Å². The molecule has 5 nitrogen and oxygen atoms in total. The largest absolute Gasteiger partial charge is 0.340 e. The molecule has 7 aromatic rings. The first kappa shape index (κ1) is 37.1. The number of hydrogen-bond acceptors (Lipinski definition) is 5. The van der Waals surface area contributed by atoms with Gasteiger partial charge in [0.15, 0.2) is 0 Å². The highest BCUT2D eigenvalue weighted by Crippen LogP contribution is 2.53. The lowest BCUT2D eigenvalue weighted by Gasteiger charge is -2.39. The number of nitrogens with one attached hydrogen (secondary N) is 2. The van der Waals surface area contributed by atoms with Crippen LogP contribution in [0.3, 0.4) is 0 Å². The Balaban J connectivity index is 0.918. The third kappa shape index (κ3) is 6.22. The molecule has 3 aliphatic carbocycles. The van der Waals surface area contributed by atoms with Crippen LogP contribution in [0.5, 0.6) is 0 Å². The van der Waals surface area contributed by atoms with E-state index in [1.807, 2.05) is 0 Å². The van der Waals surface area contributed by atoms with Crippen molar-refractivity contribution >= 4 is 46.8 Å². The lowest BCUT2D eigenvalue weighted by atomic mass is 9.84. The summed E-state index contributed by atoms with van der Waals surface area (Å²) in [6, 6.07) is 64.4. The van der Waals surface area contributed by atoms with Crippen molar-refractivity contribution < 1.29 is 0 Å². The summed E-state index contributed by atoms with van der Waals surface area (Å²) in [4.78, 5) is 10.7. The molecule has 0 bridgehead atoms. The molecule has 7 aromatic carbocycles. The molecule has 3 aliphatic heterocycles. The molecule has 3 heterocycles. The van der Waals surface area contributed by atoms with Gasteiger partial charge in [-0.3, -0.25) is 10.2 Å². The second-order valence-corrected chi connectivity index (χ2v) is 17.9. The van der Waals surface area contributed by atoms with Gasteiger partial charge in [-0.1, -0.05) is 182 Å². The van der Waals surface area contributed by atoms with Crippen LogP contribution in [0, 0.1) is 5.92 Å². The van der Waals surface area contributed by atoms with Gasteiger partial charge in [-0.25, -0.2) is 4.99 Å². The lowest BCUT2D eigenvalue weighted by molar-refractivity contribution is 0.326. The van der Waals surface area contributed by atoms with Gasteiger partial charge < -0.3 is 10.2 Å². The minimum absolute atomic E-state index is 0.0617. The first-order chi connectivity index (χ1) is 31.7. The number of benzene rings is 7. The van der Waals surface area contributed by atoms with Crippen molar-refractivity contribution in [2.45, 2.75) is 43.1 Å². The normalized spacial score (nSPS) is 23.3. The van der Waals surface area contributed by atoms with Crippen LogP contribution in [0.15, 0.2) is 205 Å². The maximum Gasteiger partial charge on any atom is 0.206 e. The van der Waals surface area contributed by atoms with Crippen LogP contribution < -0.4 is 30.9 Å². The third-order valence-electron chi connectivity index (χ3n) is 14.3. The molecule has 0 radical (unpaired) electrons. The Kier molecular flexibility index (Phi) is 8.76. The first-order valence-corrected chi connectivity index (χ1v) is 22.8. The second kappa shape index (κ2) is 15.1. The maximum atomic E-state index is 5.62. The zero-order valence-corrected chi connectivity index (χ0v) is 35.4. The highest BCUT2D eigenvalue weighted by molar-refractivity contribution is 6.05. The average Bonchev–Trinajstić information content (AvgIpc) is 3.86. The molecule has 0 saturated carbocycles. The number of guanidine groups is 1. The van der Waals surface area contributed by atoms with Gasteiger partial charge in [0.25, 0.3) is 0 Å². The molecule has 6 aliphatic rings. The van der Waals surface area contributed by atoms with E-state index in [-0.39, 0.29) is 36.1 Å². The first-order valence-electron chi connectivity index (χ1n) is 22.8. The van der Waals surface area contributed by atoms with E-state index < -0.39 is 0 Å². The zero-order chi connectivity index (χ0) is 42.1. The molecule has 0 amide bonds. The van der Waals surface area contributed by atoms with Gasteiger partial charge in [0.05, 0.1) is 17.9 Å². The van der Waals surface area contributed by atoms with Gasteiger partial charge in [0, 0.05) is 34.8 Å². The molecule has 2 N–H and O–H groups in total. The Morgan fingerprint density at radius 1 is 0.609 bits per heavy atom. The Morgan fingerprint density at radius 3 is 2.14 bits per heavy atom. The molecule has 6 atom stereocenters.